The van der Waals surface area contributed by atoms with Crippen LogP contribution < -0.4 is 10.5 Å². The first-order valence-electron chi connectivity index (χ1n) is 7.44. The lowest BCUT2D eigenvalue weighted by Gasteiger charge is -2.35. The largest absolute Gasteiger partial charge is 0.496 e. The highest BCUT2D eigenvalue weighted by Crippen LogP contribution is 2.41. The number of Topliss-reactive ketones (excluding diaryl/α,β-unsaturated/α-hetero) is 1. The maximum atomic E-state index is 13.1. The molecular formula is C17H25NO2. The second kappa shape index (κ2) is 5.96. The molecule has 0 radical (unpaired) electrons. The van der Waals surface area contributed by atoms with E-state index in [0.717, 1.165) is 42.4 Å². The summed E-state index contributed by atoms with van der Waals surface area (Å²) in [6.07, 6.45) is 5.20. The van der Waals surface area contributed by atoms with Crippen molar-refractivity contribution in [3.63, 3.8) is 0 Å². The third-order valence-electron chi connectivity index (χ3n) is 4.57. The fraction of sp³-hybridized carbons (Fsp3) is 0.588. The number of hydrogen-bond donors (Lipinski definition) is 1. The average molecular weight is 275 g/mol. The van der Waals surface area contributed by atoms with Gasteiger partial charge in [0.1, 0.15) is 5.75 Å². The van der Waals surface area contributed by atoms with E-state index in [-0.39, 0.29) is 11.2 Å². The molecule has 0 atom stereocenters. The Morgan fingerprint density at radius 1 is 1.25 bits per heavy atom. The van der Waals surface area contributed by atoms with Crippen LogP contribution >= 0.6 is 0 Å². The molecule has 3 nitrogen and oxygen atoms in total. The number of carbonyl (C=O) groups excluding carboxylic acids is 1. The van der Waals surface area contributed by atoms with Crippen LogP contribution in [0.3, 0.4) is 0 Å². The molecule has 1 aliphatic carbocycles. The van der Waals surface area contributed by atoms with E-state index in [4.69, 9.17) is 10.5 Å². The van der Waals surface area contributed by atoms with Crippen LogP contribution in [0.15, 0.2) is 12.1 Å². The minimum absolute atomic E-state index is 0.175. The van der Waals surface area contributed by atoms with Gasteiger partial charge in [-0.25, -0.2) is 0 Å². The van der Waals surface area contributed by atoms with Crippen molar-refractivity contribution < 1.29 is 9.53 Å². The van der Waals surface area contributed by atoms with Crippen LogP contribution in [0.2, 0.25) is 0 Å². The summed E-state index contributed by atoms with van der Waals surface area (Å²) < 4.78 is 5.45. The monoisotopic (exact) mass is 275 g/mol. The molecule has 2 rings (SSSR count). The molecule has 1 aliphatic rings. The summed E-state index contributed by atoms with van der Waals surface area (Å²) in [5.41, 5.74) is 8.43. The predicted octanol–water partition coefficient (Wildman–Crippen LogP) is 3.40. The molecule has 0 aromatic heterocycles. The third-order valence-corrected chi connectivity index (χ3v) is 4.57. The number of methoxy groups -OCH3 is 1. The zero-order chi connectivity index (χ0) is 14.8. The van der Waals surface area contributed by atoms with E-state index in [1.54, 1.807) is 7.11 Å². The Labute approximate surface area is 121 Å². The number of nitrogens with two attached hydrogens (primary N) is 1. The number of carbonyl (C=O) groups is 1. The van der Waals surface area contributed by atoms with Crippen LogP contribution in [-0.2, 0) is 0 Å². The topological polar surface area (TPSA) is 52.3 Å². The highest BCUT2D eigenvalue weighted by molar-refractivity contribution is 6.04. The third kappa shape index (κ3) is 2.59. The fourth-order valence-electron chi connectivity index (χ4n) is 3.40. The van der Waals surface area contributed by atoms with Gasteiger partial charge in [-0.05, 0) is 43.9 Å². The molecule has 0 aliphatic heterocycles. The van der Waals surface area contributed by atoms with Gasteiger partial charge in [-0.15, -0.1) is 0 Å². The first kappa shape index (κ1) is 15.0. The van der Waals surface area contributed by atoms with Crippen LogP contribution in [0.4, 0.5) is 0 Å². The molecule has 0 saturated heterocycles. The fourth-order valence-corrected chi connectivity index (χ4v) is 3.40. The molecule has 1 fully saturated rings. The minimum atomic E-state index is -0.383. The van der Waals surface area contributed by atoms with E-state index >= 15 is 0 Å². The average Bonchev–Trinajstić information content (AvgIpc) is 2.46. The van der Waals surface area contributed by atoms with Crippen LogP contribution in [0.25, 0.3) is 0 Å². The molecule has 0 spiro atoms. The molecule has 0 bridgehead atoms. The van der Waals surface area contributed by atoms with Gasteiger partial charge >= 0.3 is 0 Å². The lowest BCUT2D eigenvalue weighted by atomic mass is 9.69. The maximum absolute atomic E-state index is 13.1. The highest BCUT2D eigenvalue weighted by atomic mass is 16.5. The first-order chi connectivity index (χ1) is 9.54. The van der Waals surface area contributed by atoms with Gasteiger partial charge in [0.2, 0.25) is 0 Å². The quantitative estimate of drug-likeness (QED) is 0.857. The first-order valence-corrected chi connectivity index (χ1v) is 7.44. The summed E-state index contributed by atoms with van der Waals surface area (Å²) in [6.45, 7) is 4.43. The lowest BCUT2D eigenvalue weighted by Crippen LogP contribution is -2.40. The summed E-state index contributed by atoms with van der Waals surface area (Å²) >= 11 is 0. The highest BCUT2D eigenvalue weighted by Gasteiger charge is 2.40. The number of ketones is 1. The minimum Gasteiger partial charge on any atom is -0.496 e. The normalized spacial score (nSPS) is 17.8. The van der Waals surface area contributed by atoms with E-state index in [0.29, 0.717) is 12.3 Å². The van der Waals surface area contributed by atoms with Crippen molar-refractivity contribution in [2.24, 2.45) is 11.1 Å². The van der Waals surface area contributed by atoms with Gasteiger partial charge in [0.05, 0.1) is 12.7 Å². The Bertz CT molecular complexity index is 502. The predicted molar refractivity (Wildman–Crippen MR) is 81.4 cm³/mol. The van der Waals surface area contributed by atoms with E-state index in [2.05, 4.69) is 0 Å². The smallest absolute Gasteiger partial charge is 0.174 e. The number of ether oxygens (including phenoxy) is 1. The molecule has 20 heavy (non-hydrogen) atoms. The van der Waals surface area contributed by atoms with E-state index < -0.39 is 0 Å². The molecule has 3 heteroatoms. The van der Waals surface area contributed by atoms with Crippen LogP contribution in [0.1, 0.15) is 53.6 Å². The Morgan fingerprint density at radius 3 is 2.45 bits per heavy atom. The maximum Gasteiger partial charge on any atom is 0.174 e. The molecule has 1 aromatic carbocycles. The molecule has 0 amide bonds. The van der Waals surface area contributed by atoms with Crippen molar-refractivity contribution >= 4 is 5.78 Å². The molecule has 0 heterocycles. The van der Waals surface area contributed by atoms with E-state index in [9.17, 15) is 4.79 Å². The summed E-state index contributed by atoms with van der Waals surface area (Å²) in [4.78, 5) is 13.1. The molecular weight excluding hydrogens is 250 g/mol. The molecule has 110 valence electrons. The van der Waals surface area contributed by atoms with E-state index in [1.807, 2.05) is 26.0 Å². The number of hydrogen-bond acceptors (Lipinski definition) is 3. The van der Waals surface area contributed by atoms with Gasteiger partial charge in [0, 0.05) is 12.0 Å². The van der Waals surface area contributed by atoms with Gasteiger partial charge < -0.3 is 10.5 Å². The van der Waals surface area contributed by atoms with E-state index in [1.165, 1.54) is 6.42 Å². The van der Waals surface area contributed by atoms with Crippen molar-refractivity contribution in [3.05, 3.63) is 28.8 Å². The van der Waals surface area contributed by atoms with Crippen LogP contribution in [0, 0.1) is 19.3 Å². The van der Waals surface area contributed by atoms with Gasteiger partial charge in [-0.1, -0.05) is 25.3 Å². The summed E-state index contributed by atoms with van der Waals surface area (Å²) in [5.74, 6) is 0.861. The standard InChI is InChI=1S/C17H25NO2/c1-12-9-13(2)15(14(10-12)20-3)16(19)17(11-18)7-5-4-6-8-17/h9-10H,4-8,11,18H2,1-3H3. The summed E-state index contributed by atoms with van der Waals surface area (Å²) in [6, 6.07) is 3.98. The molecule has 1 aromatic rings. The van der Waals surface area contributed by atoms with Crippen molar-refractivity contribution in [1.82, 2.24) is 0 Å². The molecule has 1 saturated carbocycles. The second-order valence-electron chi connectivity index (χ2n) is 6.03. The van der Waals surface area contributed by atoms with Gasteiger partial charge in [-0.2, -0.15) is 0 Å². The van der Waals surface area contributed by atoms with Crippen LogP contribution in [-0.4, -0.2) is 19.4 Å². The van der Waals surface area contributed by atoms with Crippen molar-refractivity contribution in [3.8, 4) is 5.75 Å². The molecule has 0 unspecified atom stereocenters. The lowest BCUT2D eigenvalue weighted by molar-refractivity contribution is 0.0725. The zero-order valence-electron chi connectivity index (χ0n) is 12.8. The zero-order valence-corrected chi connectivity index (χ0v) is 12.8. The summed E-state index contributed by atoms with van der Waals surface area (Å²) in [5, 5.41) is 0. The van der Waals surface area contributed by atoms with Crippen molar-refractivity contribution in [2.45, 2.75) is 46.0 Å². The Kier molecular flexibility index (Phi) is 4.48. The Morgan fingerprint density at radius 2 is 1.90 bits per heavy atom. The molecule has 2 N–H and O–H groups in total. The van der Waals surface area contributed by atoms with Crippen LogP contribution in [0.5, 0.6) is 5.75 Å². The van der Waals surface area contributed by atoms with Gasteiger partial charge in [0.15, 0.2) is 5.78 Å². The SMILES string of the molecule is COc1cc(C)cc(C)c1C(=O)C1(CN)CCCCC1. The second-order valence-corrected chi connectivity index (χ2v) is 6.03. The Hall–Kier alpha value is -1.35. The Balaban J connectivity index is 2.46. The number of benzene rings is 1. The number of rotatable bonds is 4. The summed E-state index contributed by atoms with van der Waals surface area (Å²) in [7, 11) is 1.63. The van der Waals surface area contributed by atoms with Crippen molar-refractivity contribution in [1.29, 1.82) is 0 Å². The van der Waals surface area contributed by atoms with Gasteiger partial charge in [0.25, 0.3) is 0 Å². The van der Waals surface area contributed by atoms with Gasteiger partial charge in [-0.3, -0.25) is 4.79 Å². The van der Waals surface area contributed by atoms with Crippen molar-refractivity contribution in [2.75, 3.05) is 13.7 Å². The number of aryl methyl sites for hydroxylation is 2.